The Balaban J connectivity index is 2.46. The lowest BCUT2D eigenvalue weighted by molar-refractivity contribution is 0.0697. The number of aliphatic hydroxyl groups excluding tert-OH is 1. The lowest BCUT2D eigenvalue weighted by Crippen LogP contribution is -2.39. The third-order valence-corrected chi connectivity index (χ3v) is 5.40. The van der Waals surface area contributed by atoms with Crippen molar-refractivity contribution in [3.05, 3.63) is 27.7 Å². The molecule has 110 valence electrons. The monoisotopic (exact) mass is 339 g/mol. The average molecular weight is 340 g/mol. The summed E-state index contributed by atoms with van der Waals surface area (Å²) in [6, 6.07) is 1.97. The number of carbonyl (C=O) groups is 1. The van der Waals surface area contributed by atoms with Crippen molar-refractivity contribution in [1.29, 1.82) is 0 Å². The van der Waals surface area contributed by atoms with Crippen molar-refractivity contribution in [3.8, 4) is 0 Å². The first-order valence-corrected chi connectivity index (χ1v) is 7.82. The maximum Gasteiger partial charge on any atom is 0.337 e. The van der Waals surface area contributed by atoms with Crippen molar-refractivity contribution in [2.45, 2.75) is 23.3 Å². The normalized spacial score (nSPS) is 16.9. The Kier molecular flexibility index (Phi) is 4.01. The van der Waals surface area contributed by atoms with Crippen LogP contribution in [0.2, 0.25) is 10.0 Å². The number of nitrogens with one attached hydrogen (secondary N) is 1. The number of hydrogen-bond acceptors (Lipinski definition) is 4. The summed E-state index contributed by atoms with van der Waals surface area (Å²) >= 11 is 11.5. The second kappa shape index (κ2) is 5.16. The molecule has 0 spiro atoms. The Morgan fingerprint density at radius 3 is 2.35 bits per heavy atom. The Morgan fingerprint density at radius 2 is 1.90 bits per heavy atom. The van der Waals surface area contributed by atoms with Gasteiger partial charge in [-0.1, -0.05) is 23.2 Å². The molecule has 9 heteroatoms. The van der Waals surface area contributed by atoms with Crippen molar-refractivity contribution in [2.24, 2.45) is 0 Å². The van der Waals surface area contributed by atoms with Crippen LogP contribution in [0.4, 0.5) is 0 Å². The zero-order chi connectivity index (χ0) is 15.1. The molecule has 0 heterocycles. The Morgan fingerprint density at radius 1 is 1.30 bits per heavy atom. The van der Waals surface area contributed by atoms with Gasteiger partial charge < -0.3 is 10.2 Å². The minimum absolute atomic E-state index is 0.148. The number of carboxylic acid groups (broad SMARTS) is 1. The smallest absolute Gasteiger partial charge is 0.337 e. The summed E-state index contributed by atoms with van der Waals surface area (Å²) in [5, 5.41) is 17.8. The van der Waals surface area contributed by atoms with Gasteiger partial charge in [-0.3, -0.25) is 0 Å². The molecule has 0 bridgehead atoms. The van der Waals surface area contributed by atoms with E-state index in [2.05, 4.69) is 4.72 Å². The second-order valence-electron chi connectivity index (χ2n) is 4.61. The first kappa shape index (κ1) is 15.5. The quantitative estimate of drug-likeness (QED) is 0.754. The zero-order valence-corrected chi connectivity index (χ0v) is 12.4. The van der Waals surface area contributed by atoms with E-state index in [1.165, 1.54) is 0 Å². The van der Waals surface area contributed by atoms with Crippen LogP contribution in [0.25, 0.3) is 0 Å². The molecule has 0 atom stereocenters. The zero-order valence-electron chi connectivity index (χ0n) is 10.1. The highest BCUT2D eigenvalue weighted by atomic mass is 35.5. The van der Waals surface area contributed by atoms with E-state index in [0.717, 1.165) is 12.1 Å². The summed E-state index contributed by atoms with van der Waals surface area (Å²) in [5.41, 5.74) is -1.23. The van der Waals surface area contributed by atoms with Gasteiger partial charge in [-0.2, -0.15) is 0 Å². The summed E-state index contributed by atoms with van der Waals surface area (Å²) in [6.07, 6.45) is 1.03. The van der Waals surface area contributed by atoms with Gasteiger partial charge >= 0.3 is 5.97 Å². The fourth-order valence-electron chi connectivity index (χ4n) is 1.68. The minimum Gasteiger partial charge on any atom is -0.478 e. The highest BCUT2D eigenvalue weighted by Crippen LogP contribution is 2.37. The number of halogens is 2. The first-order valence-electron chi connectivity index (χ1n) is 5.58. The predicted octanol–water partition coefficient (Wildman–Crippen LogP) is 1.49. The van der Waals surface area contributed by atoms with Gasteiger partial charge in [0.1, 0.15) is 4.90 Å². The number of hydrogen-bond donors (Lipinski definition) is 3. The molecule has 0 aliphatic heterocycles. The molecule has 1 aliphatic rings. The van der Waals surface area contributed by atoms with Crippen LogP contribution >= 0.6 is 23.2 Å². The van der Waals surface area contributed by atoms with Gasteiger partial charge in [-0.05, 0) is 25.0 Å². The van der Waals surface area contributed by atoms with Gasteiger partial charge in [0.05, 0.1) is 27.8 Å². The minimum atomic E-state index is -4.03. The third-order valence-electron chi connectivity index (χ3n) is 3.05. The van der Waals surface area contributed by atoms with E-state index in [1.807, 2.05) is 0 Å². The third kappa shape index (κ3) is 2.91. The maximum absolute atomic E-state index is 12.2. The highest BCUT2D eigenvalue weighted by Gasteiger charge is 2.46. The molecule has 0 unspecified atom stereocenters. The molecule has 0 aromatic heterocycles. The fraction of sp³-hybridized carbons (Fsp3) is 0.364. The van der Waals surface area contributed by atoms with Crippen LogP contribution in [0.1, 0.15) is 23.2 Å². The molecule has 6 nitrogen and oxygen atoms in total. The van der Waals surface area contributed by atoms with Gasteiger partial charge in [0.2, 0.25) is 10.0 Å². The molecule has 1 fully saturated rings. The van der Waals surface area contributed by atoms with Gasteiger partial charge in [-0.25, -0.2) is 17.9 Å². The number of aromatic carboxylic acids is 1. The molecule has 0 radical (unpaired) electrons. The molecule has 1 aromatic rings. The fourth-order valence-corrected chi connectivity index (χ4v) is 3.99. The molecule has 1 aromatic carbocycles. The van der Waals surface area contributed by atoms with Crippen molar-refractivity contribution >= 4 is 39.2 Å². The van der Waals surface area contributed by atoms with Crippen LogP contribution in [0, 0.1) is 0 Å². The lowest BCUT2D eigenvalue weighted by atomic mass is 10.2. The summed E-state index contributed by atoms with van der Waals surface area (Å²) in [4.78, 5) is 10.6. The number of benzene rings is 1. The van der Waals surface area contributed by atoms with Gasteiger partial charge in [0.25, 0.3) is 0 Å². The summed E-state index contributed by atoms with van der Waals surface area (Å²) < 4.78 is 26.8. The standard InChI is InChI=1S/C11H11Cl2NO5S/c12-7-4-8(13)9(3-6(7)10(16)17)20(18,19)14-11(5-15)1-2-11/h3-4,14-15H,1-2,5H2,(H,16,17). The highest BCUT2D eigenvalue weighted by molar-refractivity contribution is 7.89. The number of rotatable bonds is 5. The van der Waals surface area contributed by atoms with Crippen LogP contribution in [0.15, 0.2) is 17.0 Å². The van der Waals surface area contributed by atoms with Crippen molar-refractivity contribution in [2.75, 3.05) is 6.61 Å². The predicted molar refractivity (Wildman–Crippen MR) is 72.8 cm³/mol. The SMILES string of the molecule is O=C(O)c1cc(S(=O)(=O)NC2(CO)CC2)c(Cl)cc1Cl. The van der Waals surface area contributed by atoms with Gasteiger partial charge in [-0.15, -0.1) is 0 Å². The summed E-state index contributed by atoms with van der Waals surface area (Å²) in [5.74, 6) is -1.36. The first-order chi connectivity index (χ1) is 9.21. The number of aliphatic hydroxyl groups is 1. The average Bonchev–Trinajstić information content (AvgIpc) is 3.07. The summed E-state index contributed by atoms with van der Waals surface area (Å²) in [7, 11) is -4.03. The van der Waals surface area contributed by atoms with Crippen LogP contribution in [-0.4, -0.2) is 36.7 Å². The number of carboxylic acids is 1. The second-order valence-corrected chi connectivity index (χ2v) is 7.08. The lowest BCUT2D eigenvalue weighted by Gasteiger charge is -2.16. The largest absolute Gasteiger partial charge is 0.478 e. The van der Waals surface area contributed by atoms with E-state index in [9.17, 15) is 13.2 Å². The molecule has 0 saturated heterocycles. The van der Waals surface area contributed by atoms with Crippen LogP contribution in [0.3, 0.4) is 0 Å². The molecular formula is C11H11Cl2NO5S. The topological polar surface area (TPSA) is 104 Å². The molecule has 1 saturated carbocycles. The van der Waals surface area contributed by atoms with Gasteiger partial charge in [0.15, 0.2) is 0 Å². The molecule has 1 aliphatic carbocycles. The van der Waals surface area contributed by atoms with Gasteiger partial charge in [0, 0.05) is 0 Å². The molecule has 3 N–H and O–H groups in total. The summed E-state index contributed by atoms with van der Waals surface area (Å²) in [6.45, 7) is -0.330. The Bertz CT molecular complexity index is 670. The maximum atomic E-state index is 12.2. The van der Waals surface area contributed by atoms with Crippen LogP contribution < -0.4 is 4.72 Å². The molecule has 20 heavy (non-hydrogen) atoms. The van der Waals surface area contributed by atoms with Crippen molar-refractivity contribution in [1.82, 2.24) is 4.72 Å². The van der Waals surface area contributed by atoms with E-state index in [0.29, 0.717) is 12.8 Å². The number of sulfonamides is 1. The van der Waals surface area contributed by atoms with Crippen molar-refractivity contribution < 1.29 is 23.4 Å². The van der Waals surface area contributed by atoms with E-state index in [4.69, 9.17) is 33.4 Å². The van der Waals surface area contributed by atoms with E-state index >= 15 is 0 Å². The van der Waals surface area contributed by atoms with Crippen LogP contribution in [-0.2, 0) is 10.0 Å². The molecule has 0 amide bonds. The van der Waals surface area contributed by atoms with Crippen LogP contribution in [0.5, 0.6) is 0 Å². The van der Waals surface area contributed by atoms with E-state index < -0.39 is 21.5 Å². The molecular weight excluding hydrogens is 329 g/mol. The Labute approximate surface area is 125 Å². The van der Waals surface area contributed by atoms with E-state index in [-0.39, 0.29) is 27.1 Å². The van der Waals surface area contributed by atoms with E-state index in [1.54, 1.807) is 0 Å². The van der Waals surface area contributed by atoms with Crippen molar-refractivity contribution in [3.63, 3.8) is 0 Å². The Hall–Kier alpha value is -0.860. The molecule has 2 rings (SSSR count).